The van der Waals surface area contributed by atoms with Crippen LogP contribution in [0.15, 0.2) is 18.2 Å². The van der Waals surface area contributed by atoms with Gasteiger partial charge in [0.1, 0.15) is 0 Å². The van der Waals surface area contributed by atoms with E-state index < -0.39 is 0 Å². The molecule has 1 aliphatic carbocycles. The lowest BCUT2D eigenvalue weighted by Gasteiger charge is -2.26. The van der Waals surface area contributed by atoms with Crippen molar-refractivity contribution in [2.75, 3.05) is 6.54 Å². The van der Waals surface area contributed by atoms with Gasteiger partial charge in [0, 0.05) is 6.04 Å². The summed E-state index contributed by atoms with van der Waals surface area (Å²) in [7, 11) is 0. The third kappa shape index (κ3) is 4.38. The van der Waals surface area contributed by atoms with E-state index in [0.717, 1.165) is 23.9 Å². The molecule has 1 fully saturated rings. The molecule has 1 aromatic rings. The topological polar surface area (TPSA) is 12.0 Å². The summed E-state index contributed by atoms with van der Waals surface area (Å²) in [4.78, 5) is 0. The molecule has 1 saturated carbocycles. The predicted octanol–water partition coefficient (Wildman–Crippen LogP) is 5.86. The van der Waals surface area contributed by atoms with Gasteiger partial charge in [0.15, 0.2) is 0 Å². The van der Waals surface area contributed by atoms with E-state index in [1.807, 2.05) is 18.2 Å². The average Bonchev–Trinajstić information content (AvgIpc) is 2.44. The molecule has 0 heterocycles. The fourth-order valence-electron chi connectivity index (χ4n) is 3.09. The molecule has 1 aromatic carbocycles. The van der Waals surface area contributed by atoms with Gasteiger partial charge < -0.3 is 5.32 Å². The third-order valence-corrected chi connectivity index (χ3v) is 5.42. The van der Waals surface area contributed by atoms with Crippen molar-refractivity contribution in [3.05, 3.63) is 33.8 Å². The van der Waals surface area contributed by atoms with Crippen molar-refractivity contribution < 1.29 is 0 Å². The molecular weight excluding hydrogens is 289 g/mol. The first-order valence-corrected chi connectivity index (χ1v) is 8.50. The van der Waals surface area contributed by atoms with Crippen LogP contribution in [-0.2, 0) is 0 Å². The Morgan fingerprint density at radius 1 is 1.20 bits per heavy atom. The van der Waals surface area contributed by atoms with Crippen LogP contribution < -0.4 is 5.32 Å². The van der Waals surface area contributed by atoms with Gasteiger partial charge in [-0.05, 0) is 43.4 Å². The van der Waals surface area contributed by atoms with Crippen LogP contribution in [0.5, 0.6) is 0 Å². The number of nitrogens with one attached hydrogen (secondary N) is 1. The Kier molecular flexibility index (Phi) is 6.20. The lowest BCUT2D eigenvalue weighted by Crippen LogP contribution is -2.23. The molecule has 1 unspecified atom stereocenters. The zero-order valence-electron chi connectivity index (χ0n) is 12.5. The van der Waals surface area contributed by atoms with E-state index in [-0.39, 0.29) is 6.04 Å². The van der Waals surface area contributed by atoms with E-state index in [1.165, 1.54) is 32.1 Å². The number of halogens is 2. The first kappa shape index (κ1) is 16.1. The highest BCUT2D eigenvalue weighted by Crippen LogP contribution is 2.31. The summed E-state index contributed by atoms with van der Waals surface area (Å²) in [5.74, 6) is 1.84. The Hall–Kier alpha value is -0.240. The molecule has 112 valence electrons. The Labute approximate surface area is 133 Å². The van der Waals surface area contributed by atoms with Crippen molar-refractivity contribution >= 4 is 23.2 Å². The molecule has 0 spiro atoms. The van der Waals surface area contributed by atoms with Crippen LogP contribution in [0.25, 0.3) is 0 Å². The maximum Gasteiger partial charge on any atom is 0.0639 e. The Balaban J connectivity index is 1.77. The second-order valence-electron chi connectivity index (χ2n) is 6.23. The summed E-state index contributed by atoms with van der Waals surface area (Å²) >= 11 is 12.3. The Bertz CT molecular complexity index is 425. The number of benzene rings is 1. The summed E-state index contributed by atoms with van der Waals surface area (Å²) in [6, 6.07) is 6.10. The molecule has 2 rings (SSSR count). The fraction of sp³-hybridized carbons (Fsp3) is 0.647. The van der Waals surface area contributed by atoms with Crippen LogP contribution in [0.4, 0.5) is 0 Å². The fourth-order valence-corrected chi connectivity index (χ4v) is 3.56. The number of hydrogen-bond acceptors (Lipinski definition) is 1. The molecule has 0 amide bonds. The van der Waals surface area contributed by atoms with Gasteiger partial charge in [-0.15, -0.1) is 0 Å². The number of rotatable bonds is 5. The van der Waals surface area contributed by atoms with Crippen molar-refractivity contribution in [2.45, 2.75) is 52.0 Å². The van der Waals surface area contributed by atoms with E-state index in [4.69, 9.17) is 23.2 Å². The lowest BCUT2D eigenvalue weighted by atomic mass is 9.81. The molecule has 20 heavy (non-hydrogen) atoms. The van der Waals surface area contributed by atoms with Crippen LogP contribution in [-0.4, -0.2) is 6.54 Å². The van der Waals surface area contributed by atoms with Gasteiger partial charge in [-0.3, -0.25) is 0 Å². The highest BCUT2D eigenvalue weighted by atomic mass is 35.5. The van der Waals surface area contributed by atoms with Gasteiger partial charge >= 0.3 is 0 Å². The highest BCUT2D eigenvalue weighted by Gasteiger charge is 2.18. The number of hydrogen-bond donors (Lipinski definition) is 1. The molecule has 1 aliphatic rings. The summed E-state index contributed by atoms with van der Waals surface area (Å²) in [5.41, 5.74) is 1.09. The largest absolute Gasteiger partial charge is 0.310 e. The monoisotopic (exact) mass is 313 g/mol. The molecule has 0 saturated heterocycles. The van der Waals surface area contributed by atoms with Crippen molar-refractivity contribution in [2.24, 2.45) is 11.8 Å². The predicted molar refractivity (Wildman–Crippen MR) is 88.6 cm³/mol. The SMILES string of the molecule is CC1CCC(CCNC(C)c2cccc(Cl)c2Cl)CC1. The van der Waals surface area contributed by atoms with Crippen LogP contribution in [0.3, 0.4) is 0 Å². The van der Waals surface area contributed by atoms with Crippen LogP contribution >= 0.6 is 23.2 Å². The Morgan fingerprint density at radius 2 is 1.90 bits per heavy atom. The lowest BCUT2D eigenvalue weighted by molar-refractivity contribution is 0.273. The molecule has 1 nitrogen and oxygen atoms in total. The molecule has 3 heteroatoms. The molecule has 0 bridgehead atoms. The third-order valence-electron chi connectivity index (χ3n) is 4.59. The van der Waals surface area contributed by atoms with Crippen molar-refractivity contribution in [3.63, 3.8) is 0 Å². The van der Waals surface area contributed by atoms with E-state index in [9.17, 15) is 0 Å². The van der Waals surface area contributed by atoms with E-state index in [0.29, 0.717) is 10.0 Å². The molecule has 0 radical (unpaired) electrons. The van der Waals surface area contributed by atoms with E-state index in [1.54, 1.807) is 0 Å². The van der Waals surface area contributed by atoms with Crippen molar-refractivity contribution in [1.29, 1.82) is 0 Å². The smallest absolute Gasteiger partial charge is 0.0639 e. The van der Waals surface area contributed by atoms with Crippen molar-refractivity contribution in [3.8, 4) is 0 Å². The van der Waals surface area contributed by atoms with Gasteiger partial charge in [-0.2, -0.15) is 0 Å². The molecule has 1 atom stereocenters. The van der Waals surface area contributed by atoms with E-state index in [2.05, 4.69) is 19.2 Å². The maximum absolute atomic E-state index is 6.26. The normalized spacial score (nSPS) is 24.6. The zero-order chi connectivity index (χ0) is 14.5. The molecular formula is C17H25Cl2N. The highest BCUT2D eigenvalue weighted by molar-refractivity contribution is 6.42. The second kappa shape index (κ2) is 7.68. The first-order chi connectivity index (χ1) is 9.58. The molecule has 0 aromatic heterocycles. The van der Waals surface area contributed by atoms with Gasteiger partial charge in [0.2, 0.25) is 0 Å². The second-order valence-corrected chi connectivity index (χ2v) is 7.02. The minimum atomic E-state index is 0.253. The van der Waals surface area contributed by atoms with Gasteiger partial charge in [0.25, 0.3) is 0 Å². The van der Waals surface area contributed by atoms with Crippen LogP contribution in [0, 0.1) is 11.8 Å². The summed E-state index contributed by atoms with van der Waals surface area (Å²) < 4.78 is 0. The summed E-state index contributed by atoms with van der Waals surface area (Å²) in [6.45, 7) is 5.58. The van der Waals surface area contributed by atoms with Crippen molar-refractivity contribution in [1.82, 2.24) is 5.32 Å². The maximum atomic E-state index is 6.26. The standard InChI is InChI=1S/C17H25Cl2N/c1-12-6-8-14(9-7-12)10-11-20-13(2)15-4-3-5-16(18)17(15)19/h3-5,12-14,20H,6-11H2,1-2H3. The van der Waals surface area contributed by atoms with Gasteiger partial charge in [-0.1, -0.05) is 67.9 Å². The van der Waals surface area contributed by atoms with Gasteiger partial charge in [0.05, 0.1) is 10.0 Å². The summed E-state index contributed by atoms with van der Waals surface area (Å²) in [5, 5.41) is 4.90. The minimum Gasteiger partial charge on any atom is -0.310 e. The zero-order valence-corrected chi connectivity index (χ0v) is 14.0. The van der Waals surface area contributed by atoms with Gasteiger partial charge in [-0.25, -0.2) is 0 Å². The first-order valence-electron chi connectivity index (χ1n) is 7.75. The van der Waals surface area contributed by atoms with Crippen LogP contribution in [0.2, 0.25) is 10.0 Å². The Morgan fingerprint density at radius 3 is 2.60 bits per heavy atom. The van der Waals surface area contributed by atoms with E-state index >= 15 is 0 Å². The minimum absolute atomic E-state index is 0.253. The molecule has 0 aliphatic heterocycles. The molecule has 1 N–H and O–H groups in total. The average molecular weight is 314 g/mol. The quantitative estimate of drug-likeness (QED) is 0.717. The summed E-state index contributed by atoms with van der Waals surface area (Å²) in [6.07, 6.45) is 6.88. The van der Waals surface area contributed by atoms with Crippen LogP contribution in [0.1, 0.15) is 57.6 Å².